The van der Waals surface area contributed by atoms with Crippen molar-refractivity contribution in [2.75, 3.05) is 0 Å². The Kier molecular flexibility index (Phi) is 2.91. The topological polar surface area (TPSA) is 15.6 Å². The summed E-state index contributed by atoms with van der Waals surface area (Å²) in [5.41, 5.74) is 2.47. The molecule has 0 radical (unpaired) electrons. The average molecular weight is 178 g/mol. The minimum atomic E-state index is 0.470. The van der Waals surface area contributed by atoms with Crippen LogP contribution in [0.2, 0.25) is 0 Å². The molecule has 0 saturated heterocycles. The van der Waals surface area contributed by atoms with E-state index in [1.807, 2.05) is 6.21 Å². The largest absolute Gasteiger partial charge is 0.330 e. The first-order chi connectivity index (χ1) is 6.02. The number of allylic oxidation sites excluding steroid dienone is 2. The minimum Gasteiger partial charge on any atom is -0.330 e. The van der Waals surface area contributed by atoms with Crippen LogP contribution < -0.4 is 0 Å². The molecule has 0 saturated carbocycles. The first kappa shape index (κ1) is 10.0. The van der Waals surface area contributed by atoms with E-state index in [2.05, 4.69) is 50.7 Å². The molecule has 0 bridgehead atoms. The molecule has 2 heteroatoms. The van der Waals surface area contributed by atoms with Gasteiger partial charge >= 0.3 is 0 Å². The van der Waals surface area contributed by atoms with E-state index in [1.165, 1.54) is 11.1 Å². The van der Waals surface area contributed by atoms with Crippen molar-refractivity contribution in [2.45, 2.75) is 40.7 Å². The molecule has 1 aliphatic rings. The van der Waals surface area contributed by atoms with Gasteiger partial charge in [0.25, 0.3) is 0 Å². The lowest BCUT2D eigenvalue weighted by molar-refractivity contribution is 0.373. The van der Waals surface area contributed by atoms with Crippen molar-refractivity contribution in [3.05, 3.63) is 23.2 Å². The van der Waals surface area contributed by atoms with Crippen molar-refractivity contribution < 1.29 is 0 Å². The minimum absolute atomic E-state index is 0.470. The van der Waals surface area contributed by atoms with Crippen LogP contribution in [-0.4, -0.2) is 17.2 Å². The number of hydrogen-bond acceptors (Lipinski definition) is 2. The quantitative estimate of drug-likeness (QED) is 0.602. The highest BCUT2D eigenvalue weighted by molar-refractivity contribution is 5.79. The number of nitrogens with zero attached hydrogens (tertiary/aromatic N) is 2. The highest BCUT2D eigenvalue weighted by atomic mass is 15.2. The van der Waals surface area contributed by atoms with E-state index < -0.39 is 0 Å². The lowest BCUT2D eigenvalue weighted by atomic mass is 10.2. The van der Waals surface area contributed by atoms with E-state index in [0.29, 0.717) is 6.04 Å². The second-order valence-corrected chi connectivity index (χ2v) is 3.96. The maximum absolute atomic E-state index is 4.42. The Bertz CT molecular complexity index is 278. The van der Waals surface area contributed by atoms with Crippen molar-refractivity contribution in [2.24, 2.45) is 4.99 Å². The summed E-state index contributed by atoms with van der Waals surface area (Å²) in [4.78, 5) is 6.64. The molecule has 72 valence electrons. The van der Waals surface area contributed by atoms with E-state index in [1.54, 1.807) is 0 Å². The second-order valence-electron chi connectivity index (χ2n) is 3.96. The van der Waals surface area contributed by atoms with Crippen LogP contribution in [0.1, 0.15) is 34.6 Å². The molecule has 13 heavy (non-hydrogen) atoms. The monoisotopic (exact) mass is 178 g/mol. The van der Waals surface area contributed by atoms with Crippen LogP contribution in [0, 0.1) is 0 Å². The maximum Gasteiger partial charge on any atom is 0.131 e. The van der Waals surface area contributed by atoms with Crippen molar-refractivity contribution >= 4 is 6.21 Å². The summed E-state index contributed by atoms with van der Waals surface area (Å²) in [6.07, 6.45) is 4.07. The zero-order chi connectivity index (χ0) is 10.0. The van der Waals surface area contributed by atoms with Gasteiger partial charge in [0.05, 0.1) is 0 Å². The summed E-state index contributed by atoms with van der Waals surface area (Å²) in [5, 5.41) is 0. The summed E-state index contributed by atoms with van der Waals surface area (Å²) in [6.45, 7) is 10.6. The van der Waals surface area contributed by atoms with Crippen LogP contribution in [0.3, 0.4) is 0 Å². The molecular formula is C11H18N2. The SMILES string of the molecule is CC1=CN(C(C)C)C(=C(C)C)N=C1. The Morgan fingerprint density at radius 3 is 2.46 bits per heavy atom. The summed E-state index contributed by atoms with van der Waals surface area (Å²) in [6, 6.07) is 0.470. The lowest BCUT2D eigenvalue weighted by Crippen LogP contribution is -2.27. The van der Waals surface area contributed by atoms with Gasteiger partial charge in [-0.25, -0.2) is 4.99 Å². The number of rotatable bonds is 1. The van der Waals surface area contributed by atoms with Crippen molar-refractivity contribution in [3.8, 4) is 0 Å². The molecule has 0 atom stereocenters. The molecule has 1 heterocycles. The fraction of sp³-hybridized carbons (Fsp3) is 0.545. The maximum atomic E-state index is 4.42. The van der Waals surface area contributed by atoms with Gasteiger partial charge in [-0.15, -0.1) is 0 Å². The van der Waals surface area contributed by atoms with Crippen LogP contribution in [0.25, 0.3) is 0 Å². The predicted molar refractivity (Wildman–Crippen MR) is 57.6 cm³/mol. The molecule has 0 amide bonds. The van der Waals surface area contributed by atoms with Crippen molar-refractivity contribution in [1.82, 2.24) is 4.90 Å². The molecule has 0 N–H and O–H groups in total. The fourth-order valence-electron chi connectivity index (χ4n) is 1.32. The van der Waals surface area contributed by atoms with Gasteiger partial charge in [-0.05, 0) is 45.8 Å². The Balaban J connectivity index is 3.02. The van der Waals surface area contributed by atoms with Crippen molar-refractivity contribution in [1.29, 1.82) is 0 Å². The van der Waals surface area contributed by atoms with Gasteiger partial charge in [-0.2, -0.15) is 0 Å². The van der Waals surface area contributed by atoms with E-state index in [4.69, 9.17) is 0 Å². The number of hydrogen-bond donors (Lipinski definition) is 0. The molecule has 0 spiro atoms. The highest BCUT2D eigenvalue weighted by Gasteiger charge is 2.14. The molecule has 0 fully saturated rings. The van der Waals surface area contributed by atoms with E-state index in [9.17, 15) is 0 Å². The Morgan fingerprint density at radius 2 is 2.00 bits per heavy atom. The third kappa shape index (κ3) is 2.20. The molecule has 0 aromatic carbocycles. The van der Waals surface area contributed by atoms with Gasteiger partial charge in [-0.3, -0.25) is 0 Å². The molecule has 1 rings (SSSR count). The van der Waals surface area contributed by atoms with Gasteiger partial charge < -0.3 is 4.90 Å². The van der Waals surface area contributed by atoms with Gasteiger partial charge in [0.2, 0.25) is 0 Å². The summed E-state index contributed by atoms with van der Waals surface area (Å²) in [7, 11) is 0. The van der Waals surface area contributed by atoms with Gasteiger partial charge in [0.1, 0.15) is 5.82 Å². The molecule has 1 aliphatic heterocycles. The fourth-order valence-corrected chi connectivity index (χ4v) is 1.32. The predicted octanol–water partition coefficient (Wildman–Crippen LogP) is 2.94. The Hall–Kier alpha value is -1.05. The second kappa shape index (κ2) is 3.77. The molecule has 2 nitrogen and oxygen atoms in total. The first-order valence-electron chi connectivity index (χ1n) is 4.70. The smallest absolute Gasteiger partial charge is 0.131 e. The Morgan fingerprint density at radius 1 is 1.38 bits per heavy atom. The van der Waals surface area contributed by atoms with E-state index in [0.717, 1.165) is 5.82 Å². The summed E-state index contributed by atoms with van der Waals surface area (Å²) >= 11 is 0. The van der Waals surface area contributed by atoms with Crippen LogP contribution in [-0.2, 0) is 0 Å². The third-order valence-electron chi connectivity index (χ3n) is 1.98. The molecule has 0 aromatic heterocycles. The average Bonchev–Trinajstić information content (AvgIpc) is 2.03. The third-order valence-corrected chi connectivity index (χ3v) is 1.98. The molecule has 0 unspecified atom stereocenters. The summed E-state index contributed by atoms with van der Waals surface area (Å²) < 4.78 is 0. The van der Waals surface area contributed by atoms with Crippen molar-refractivity contribution in [3.63, 3.8) is 0 Å². The normalized spacial score (nSPS) is 16.6. The number of aliphatic imine (C=N–C) groups is 1. The molecule has 0 aromatic rings. The standard InChI is InChI=1S/C11H18N2/c1-8(2)11-12-6-10(5)7-13(11)9(3)4/h6-7,9H,1-5H3. The highest BCUT2D eigenvalue weighted by Crippen LogP contribution is 2.20. The lowest BCUT2D eigenvalue weighted by Gasteiger charge is -2.29. The summed E-state index contributed by atoms with van der Waals surface area (Å²) in [5.74, 6) is 1.08. The van der Waals surface area contributed by atoms with E-state index in [-0.39, 0.29) is 0 Å². The molecule has 0 aliphatic carbocycles. The molecular weight excluding hydrogens is 160 g/mol. The van der Waals surface area contributed by atoms with Crippen LogP contribution in [0.4, 0.5) is 0 Å². The van der Waals surface area contributed by atoms with Crippen LogP contribution in [0.5, 0.6) is 0 Å². The first-order valence-corrected chi connectivity index (χ1v) is 4.70. The zero-order valence-corrected chi connectivity index (χ0v) is 9.13. The van der Waals surface area contributed by atoms with Gasteiger partial charge in [-0.1, -0.05) is 0 Å². The van der Waals surface area contributed by atoms with E-state index >= 15 is 0 Å². The van der Waals surface area contributed by atoms with Crippen LogP contribution in [0.15, 0.2) is 28.2 Å². The Labute approximate surface area is 80.7 Å². The van der Waals surface area contributed by atoms with Crippen LogP contribution >= 0.6 is 0 Å². The van der Waals surface area contributed by atoms with Gasteiger partial charge in [0, 0.05) is 18.5 Å². The van der Waals surface area contributed by atoms with Gasteiger partial charge in [0.15, 0.2) is 0 Å². The zero-order valence-electron chi connectivity index (χ0n) is 9.13.